The highest BCUT2D eigenvalue weighted by Crippen LogP contribution is 2.32. The van der Waals surface area contributed by atoms with Gasteiger partial charge in [0.25, 0.3) is 0 Å². The summed E-state index contributed by atoms with van der Waals surface area (Å²) in [5, 5.41) is 8.81. The number of nitrogens with zero attached hydrogens (tertiary/aromatic N) is 1. The molecule has 0 atom stereocenters. The molecule has 0 saturated carbocycles. The van der Waals surface area contributed by atoms with E-state index in [2.05, 4.69) is 15.9 Å². The Kier molecular flexibility index (Phi) is 4.46. The first kappa shape index (κ1) is 13.9. The standard InChI is InChI=1S/C14H10BrFN2S/c15-12-6-11(18)2-4-14(12)19-8-10-5-9(7-17)1-3-13(10)16/h1-6H,8,18H2. The number of nitrogen functional groups attached to an aromatic ring is 1. The molecule has 2 aromatic carbocycles. The molecule has 0 saturated heterocycles. The maximum Gasteiger partial charge on any atom is 0.127 e. The predicted molar refractivity (Wildman–Crippen MR) is 79.2 cm³/mol. The SMILES string of the molecule is N#Cc1ccc(F)c(CSc2ccc(N)cc2Br)c1. The fourth-order valence-corrected chi connectivity index (χ4v) is 3.18. The number of nitrogens with two attached hydrogens (primary N) is 1. The highest BCUT2D eigenvalue weighted by atomic mass is 79.9. The van der Waals surface area contributed by atoms with Crippen LogP contribution >= 0.6 is 27.7 Å². The number of benzene rings is 2. The van der Waals surface area contributed by atoms with Gasteiger partial charge in [-0.3, -0.25) is 0 Å². The van der Waals surface area contributed by atoms with E-state index in [0.717, 1.165) is 9.37 Å². The van der Waals surface area contributed by atoms with E-state index in [1.165, 1.54) is 23.9 Å². The van der Waals surface area contributed by atoms with Gasteiger partial charge in [0.2, 0.25) is 0 Å². The zero-order valence-electron chi connectivity index (χ0n) is 9.86. The van der Waals surface area contributed by atoms with E-state index in [-0.39, 0.29) is 5.82 Å². The van der Waals surface area contributed by atoms with Crippen LogP contribution in [0.25, 0.3) is 0 Å². The first-order chi connectivity index (χ1) is 9.10. The van der Waals surface area contributed by atoms with Gasteiger partial charge in [0.15, 0.2) is 0 Å². The Labute approximate surface area is 123 Å². The second kappa shape index (κ2) is 6.09. The summed E-state index contributed by atoms with van der Waals surface area (Å²) in [6, 6.07) is 11.9. The zero-order chi connectivity index (χ0) is 13.8. The van der Waals surface area contributed by atoms with Crippen molar-refractivity contribution in [3.63, 3.8) is 0 Å². The number of rotatable bonds is 3. The van der Waals surface area contributed by atoms with Crippen LogP contribution in [0.3, 0.4) is 0 Å². The molecule has 0 aliphatic heterocycles. The monoisotopic (exact) mass is 336 g/mol. The van der Waals surface area contributed by atoms with E-state index < -0.39 is 0 Å². The average Bonchev–Trinajstić information content (AvgIpc) is 2.39. The lowest BCUT2D eigenvalue weighted by molar-refractivity contribution is 0.617. The lowest BCUT2D eigenvalue weighted by atomic mass is 10.1. The summed E-state index contributed by atoms with van der Waals surface area (Å²) in [7, 11) is 0. The molecule has 0 heterocycles. The number of anilines is 1. The fraction of sp³-hybridized carbons (Fsp3) is 0.0714. The van der Waals surface area contributed by atoms with Gasteiger partial charge in [-0.1, -0.05) is 0 Å². The van der Waals surface area contributed by atoms with E-state index in [9.17, 15) is 4.39 Å². The van der Waals surface area contributed by atoms with Crippen LogP contribution in [0.5, 0.6) is 0 Å². The van der Waals surface area contributed by atoms with Crippen molar-refractivity contribution in [3.05, 3.63) is 57.8 Å². The summed E-state index contributed by atoms with van der Waals surface area (Å²) >= 11 is 4.91. The summed E-state index contributed by atoms with van der Waals surface area (Å²) in [6.07, 6.45) is 0. The van der Waals surface area contributed by atoms with Crippen molar-refractivity contribution in [2.24, 2.45) is 0 Å². The van der Waals surface area contributed by atoms with Gasteiger partial charge in [-0.05, 0) is 57.9 Å². The Hall–Kier alpha value is -1.51. The van der Waals surface area contributed by atoms with E-state index in [1.54, 1.807) is 12.1 Å². The second-order valence-corrected chi connectivity index (χ2v) is 5.77. The number of thioether (sulfide) groups is 1. The largest absolute Gasteiger partial charge is 0.399 e. The molecular weight excluding hydrogens is 327 g/mol. The van der Waals surface area contributed by atoms with Gasteiger partial charge in [-0.2, -0.15) is 5.26 Å². The maximum absolute atomic E-state index is 13.6. The Balaban J connectivity index is 2.16. The molecule has 2 N–H and O–H groups in total. The fourth-order valence-electron chi connectivity index (χ4n) is 1.54. The van der Waals surface area contributed by atoms with Crippen LogP contribution in [0.2, 0.25) is 0 Å². The molecule has 0 aliphatic carbocycles. The molecule has 2 rings (SSSR count). The van der Waals surface area contributed by atoms with Crippen molar-refractivity contribution < 1.29 is 4.39 Å². The quantitative estimate of drug-likeness (QED) is 0.670. The van der Waals surface area contributed by atoms with Gasteiger partial charge in [0, 0.05) is 20.8 Å². The van der Waals surface area contributed by atoms with Crippen molar-refractivity contribution in [1.82, 2.24) is 0 Å². The molecule has 0 spiro atoms. The smallest absolute Gasteiger partial charge is 0.127 e. The summed E-state index contributed by atoms with van der Waals surface area (Å²) in [5.41, 5.74) is 7.32. The topological polar surface area (TPSA) is 49.8 Å². The molecule has 2 nitrogen and oxygen atoms in total. The van der Waals surface area contributed by atoms with Gasteiger partial charge in [-0.15, -0.1) is 11.8 Å². The van der Waals surface area contributed by atoms with E-state index in [1.807, 2.05) is 18.2 Å². The maximum atomic E-state index is 13.6. The van der Waals surface area contributed by atoms with Gasteiger partial charge < -0.3 is 5.73 Å². The lowest BCUT2D eigenvalue weighted by Crippen LogP contribution is -1.90. The van der Waals surface area contributed by atoms with Crippen LogP contribution < -0.4 is 5.73 Å². The first-order valence-electron chi connectivity index (χ1n) is 5.46. The Morgan fingerprint density at radius 3 is 2.74 bits per heavy atom. The van der Waals surface area contributed by atoms with Crippen molar-refractivity contribution in [2.45, 2.75) is 10.6 Å². The van der Waals surface area contributed by atoms with Crippen molar-refractivity contribution in [3.8, 4) is 6.07 Å². The summed E-state index contributed by atoms with van der Waals surface area (Å²) < 4.78 is 14.5. The van der Waals surface area contributed by atoms with E-state index >= 15 is 0 Å². The Morgan fingerprint density at radius 2 is 2.05 bits per heavy atom. The molecule has 5 heteroatoms. The normalized spacial score (nSPS) is 10.2. The molecular formula is C14H10BrFN2S. The summed E-state index contributed by atoms with van der Waals surface area (Å²) in [5.74, 6) is 0.169. The number of hydrogen-bond donors (Lipinski definition) is 1. The molecule has 0 amide bonds. The minimum atomic E-state index is -0.293. The average molecular weight is 337 g/mol. The predicted octanol–water partition coefficient (Wildman–Crippen LogP) is 4.33. The third kappa shape index (κ3) is 3.49. The highest BCUT2D eigenvalue weighted by molar-refractivity contribution is 9.10. The van der Waals surface area contributed by atoms with Crippen LogP contribution in [-0.2, 0) is 5.75 Å². The molecule has 0 fully saturated rings. The molecule has 0 unspecified atom stereocenters. The molecule has 96 valence electrons. The summed E-state index contributed by atoms with van der Waals surface area (Å²) in [6.45, 7) is 0. The van der Waals surface area contributed by atoms with Crippen molar-refractivity contribution in [2.75, 3.05) is 5.73 Å². The van der Waals surface area contributed by atoms with E-state index in [4.69, 9.17) is 11.0 Å². The third-order valence-electron chi connectivity index (χ3n) is 2.51. The number of nitriles is 1. The second-order valence-electron chi connectivity index (χ2n) is 3.90. The Morgan fingerprint density at radius 1 is 1.26 bits per heavy atom. The molecule has 0 radical (unpaired) electrons. The molecule has 0 aliphatic rings. The number of halogens is 2. The van der Waals surface area contributed by atoms with Gasteiger partial charge in [0.1, 0.15) is 5.82 Å². The number of hydrogen-bond acceptors (Lipinski definition) is 3. The third-order valence-corrected chi connectivity index (χ3v) is 4.55. The summed E-state index contributed by atoms with van der Waals surface area (Å²) in [4.78, 5) is 0.982. The molecule has 0 bridgehead atoms. The van der Waals surface area contributed by atoms with Crippen LogP contribution in [0.15, 0.2) is 45.8 Å². The van der Waals surface area contributed by atoms with Gasteiger partial charge in [-0.25, -0.2) is 4.39 Å². The van der Waals surface area contributed by atoms with Gasteiger partial charge >= 0.3 is 0 Å². The lowest BCUT2D eigenvalue weighted by Gasteiger charge is -2.06. The minimum Gasteiger partial charge on any atom is -0.399 e. The van der Waals surface area contributed by atoms with Crippen molar-refractivity contribution >= 4 is 33.4 Å². The zero-order valence-corrected chi connectivity index (χ0v) is 12.3. The van der Waals surface area contributed by atoms with Crippen LogP contribution in [0.1, 0.15) is 11.1 Å². The minimum absolute atomic E-state index is 0.293. The van der Waals surface area contributed by atoms with Crippen LogP contribution in [-0.4, -0.2) is 0 Å². The van der Waals surface area contributed by atoms with Crippen molar-refractivity contribution in [1.29, 1.82) is 5.26 Å². The van der Waals surface area contributed by atoms with Gasteiger partial charge in [0.05, 0.1) is 11.6 Å². The highest BCUT2D eigenvalue weighted by Gasteiger charge is 2.06. The van der Waals surface area contributed by atoms with Crippen LogP contribution in [0.4, 0.5) is 10.1 Å². The first-order valence-corrected chi connectivity index (χ1v) is 7.24. The molecule has 2 aromatic rings. The Bertz CT molecular complexity index is 652. The molecule has 0 aromatic heterocycles. The van der Waals surface area contributed by atoms with E-state index in [0.29, 0.717) is 22.6 Å². The van der Waals surface area contributed by atoms with Crippen LogP contribution in [0, 0.1) is 17.1 Å². The molecule has 19 heavy (non-hydrogen) atoms.